The summed E-state index contributed by atoms with van der Waals surface area (Å²) in [6.07, 6.45) is 3.36. The van der Waals surface area contributed by atoms with Crippen molar-refractivity contribution < 1.29 is 9.90 Å². The highest BCUT2D eigenvalue weighted by molar-refractivity contribution is 7.98. The Morgan fingerprint density at radius 2 is 1.94 bits per heavy atom. The van der Waals surface area contributed by atoms with E-state index in [1.807, 2.05) is 30.5 Å². The van der Waals surface area contributed by atoms with Gasteiger partial charge in [-0.25, -0.2) is 14.8 Å². The number of carboxylic acid groups (broad SMARTS) is 1. The van der Waals surface area contributed by atoms with Gasteiger partial charge in [-0.1, -0.05) is 12.1 Å². The predicted octanol–water partition coefficient (Wildman–Crippen LogP) is 2.87. The van der Waals surface area contributed by atoms with Gasteiger partial charge in [-0.05, 0) is 25.3 Å². The van der Waals surface area contributed by atoms with Crippen LogP contribution in [-0.2, 0) is 0 Å². The van der Waals surface area contributed by atoms with Crippen LogP contribution in [0, 0.1) is 6.92 Å². The maximum absolute atomic E-state index is 10.9. The number of aryl methyl sites for hydroxylation is 1. The number of benzene rings is 1. The summed E-state index contributed by atoms with van der Waals surface area (Å²) < 4.78 is 0. The molecule has 0 aliphatic carbocycles. The lowest BCUT2D eigenvalue weighted by Crippen LogP contribution is -2.04. The second kappa shape index (κ2) is 5.18. The number of aromatic carboxylic acids is 1. The molecular formula is C13H12N2O2S. The van der Waals surface area contributed by atoms with E-state index in [2.05, 4.69) is 9.97 Å². The Morgan fingerprint density at radius 1 is 1.28 bits per heavy atom. The Hall–Kier alpha value is -1.88. The monoisotopic (exact) mass is 260 g/mol. The molecule has 1 aromatic heterocycles. The molecule has 0 atom stereocenters. The minimum absolute atomic E-state index is 0.138. The quantitative estimate of drug-likeness (QED) is 0.860. The number of carbonyl (C=O) groups is 1. The molecule has 92 valence electrons. The second-order valence-electron chi connectivity index (χ2n) is 3.73. The Labute approximate surface area is 109 Å². The van der Waals surface area contributed by atoms with Gasteiger partial charge in [0, 0.05) is 16.7 Å². The van der Waals surface area contributed by atoms with Gasteiger partial charge in [0.2, 0.25) is 0 Å². The molecule has 1 aromatic carbocycles. The van der Waals surface area contributed by atoms with E-state index in [4.69, 9.17) is 5.11 Å². The highest BCUT2D eigenvalue weighted by Gasteiger charge is 2.10. The van der Waals surface area contributed by atoms with Crippen LogP contribution in [-0.4, -0.2) is 27.3 Å². The number of nitrogens with zero attached hydrogens (tertiary/aromatic N) is 2. The van der Waals surface area contributed by atoms with Crippen LogP contribution in [0.3, 0.4) is 0 Å². The summed E-state index contributed by atoms with van der Waals surface area (Å²) in [5.41, 5.74) is 1.49. The summed E-state index contributed by atoms with van der Waals surface area (Å²) in [5.74, 6) is -0.457. The molecule has 1 heterocycles. The summed E-state index contributed by atoms with van der Waals surface area (Å²) in [5, 5.41) is 8.91. The van der Waals surface area contributed by atoms with Crippen molar-refractivity contribution >= 4 is 17.7 Å². The first-order valence-electron chi connectivity index (χ1n) is 5.33. The van der Waals surface area contributed by atoms with Gasteiger partial charge >= 0.3 is 5.97 Å². The van der Waals surface area contributed by atoms with Crippen LogP contribution in [0.15, 0.2) is 35.4 Å². The highest BCUT2D eigenvalue weighted by atomic mass is 32.2. The normalized spacial score (nSPS) is 10.3. The Bertz CT molecular complexity index is 582. The Balaban J connectivity index is 2.39. The molecule has 0 saturated carbocycles. The van der Waals surface area contributed by atoms with Crippen LogP contribution < -0.4 is 0 Å². The Morgan fingerprint density at radius 3 is 2.44 bits per heavy atom. The predicted molar refractivity (Wildman–Crippen MR) is 70.9 cm³/mol. The van der Waals surface area contributed by atoms with Crippen LogP contribution in [0.4, 0.5) is 0 Å². The van der Waals surface area contributed by atoms with Gasteiger partial charge in [0.1, 0.15) is 0 Å². The molecular weight excluding hydrogens is 248 g/mol. The molecule has 0 amide bonds. The number of hydrogen-bond acceptors (Lipinski definition) is 4. The van der Waals surface area contributed by atoms with Crippen LogP contribution in [0.1, 0.15) is 16.1 Å². The molecule has 0 spiro atoms. The van der Waals surface area contributed by atoms with E-state index >= 15 is 0 Å². The van der Waals surface area contributed by atoms with Crippen LogP contribution >= 0.6 is 11.8 Å². The molecule has 1 N–H and O–H groups in total. The maximum atomic E-state index is 10.9. The van der Waals surface area contributed by atoms with Crippen LogP contribution in [0.5, 0.6) is 0 Å². The first-order valence-corrected chi connectivity index (χ1v) is 6.55. The van der Waals surface area contributed by atoms with Crippen molar-refractivity contribution in [2.45, 2.75) is 11.8 Å². The van der Waals surface area contributed by atoms with Gasteiger partial charge in [-0.15, -0.1) is 11.8 Å². The largest absolute Gasteiger partial charge is 0.478 e. The van der Waals surface area contributed by atoms with Crippen molar-refractivity contribution in [1.82, 2.24) is 9.97 Å². The standard InChI is InChI=1S/C13H12N2O2S/c1-8-11(13(16)17)7-14-12(15-8)9-3-5-10(18-2)6-4-9/h3-7H,1-2H3,(H,16,17). The topological polar surface area (TPSA) is 63.1 Å². The van der Waals surface area contributed by atoms with E-state index in [9.17, 15) is 4.79 Å². The van der Waals surface area contributed by atoms with E-state index in [0.717, 1.165) is 10.5 Å². The Kier molecular flexibility index (Phi) is 3.62. The highest BCUT2D eigenvalue weighted by Crippen LogP contribution is 2.20. The first kappa shape index (κ1) is 12.6. The van der Waals surface area contributed by atoms with Crippen molar-refractivity contribution in [3.63, 3.8) is 0 Å². The molecule has 0 fully saturated rings. The fourth-order valence-electron chi connectivity index (χ4n) is 1.56. The average Bonchev–Trinajstić information content (AvgIpc) is 2.38. The molecule has 0 saturated heterocycles. The lowest BCUT2D eigenvalue weighted by Gasteiger charge is -2.04. The number of carboxylic acids is 1. The minimum Gasteiger partial charge on any atom is -0.478 e. The molecule has 18 heavy (non-hydrogen) atoms. The van der Waals surface area contributed by atoms with Crippen molar-refractivity contribution in [2.24, 2.45) is 0 Å². The number of aromatic nitrogens is 2. The molecule has 2 aromatic rings. The fourth-order valence-corrected chi connectivity index (χ4v) is 1.96. The summed E-state index contributed by atoms with van der Waals surface area (Å²) in [6, 6.07) is 7.84. The van der Waals surface area contributed by atoms with Gasteiger partial charge in [0.05, 0.1) is 11.3 Å². The van der Waals surface area contributed by atoms with Crippen LogP contribution in [0.25, 0.3) is 11.4 Å². The van der Waals surface area contributed by atoms with Crippen molar-refractivity contribution in [1.29, 1.82) is 0 Å². The molecule has 0 unspecified atom stereocenters. The average molecular weight is 260 g/mol. The van der Waals surface area contributed by atoms with E-state index < -0.39 is 5.97 Å². The zero-order valence-electron chi connectivity index (χ0n) is 10.0. The molecule has 0 radical (unpaired) electrons. The third-order valence-electron chi connectivity index (χ3n) is 2.56. The third-order valence-corrected chi connectivity index (χ3v) is 3.30. The number of thioether (sulfide) groups is 1. The summed E-state index contributed by atoms with van der Waals surface area (Å²) >= 11 is 1.66. The van der Waals surface area contributed by atoms with E-state index in [1.54, 1.807) is 18.7 Å². The van der Waals surface area contributed by atoms with Gasteiger partial charge in [0.15, 0.2) is 5.82 Å². The zero-order chi connectivity index (χ0) is 13.1. The summed E-state index contributed by atoms with van der Waals surface area (Å²) in [4.78, 5) is 20.3. The van der Waals surface area contributed by atoms with E-state index in [1.165, 1.54) is 6.20 Å². The van der Waals surface area contributed by atoms with Crippen molar-refractivity contribution in [2.75, 3.05) is 6.26 Å². The third kappa shape index (κ3) is 2.51. The first-order chi connectivity index (χ1) is 8.61. The van der Waals surface area contributed by atoms with Gasteiger partial charge in [-0.3, -0.25) is 0 Å². The fraction of sp³-hybridized carbons (Fsp3) is 0.154. The lowest BCUT2D eigenvalue weighted by molar-refractivity contribution is 0.0695. The van der Waals surface area contributed by atoms with Gasteiger partial charge < -0.3 is 5.11 Å². The van der Waals surface area contributed by atoms with Crippen LogP contribution in [0.2, 0.25) is 0 Å². The second-order valence-corrected chi connectivity index (χ2v) is 4.61. The lowest BCUT2D eigenvalue weighted by atomic mass is 10.2. The number of rotatable bonds is 3. The molecule has 0 bridgehead atoms. The van der Waals surface area contributed by atoms with E-state index in [-0.39, 0.29) is 5.56 Å². The zero-order valence-corrected chi connectivity index (χ0v) is 10.9. The summed E-state index contributed by atoms with van der Waals surface area (Å²) in [6.45, 7) is 1.67. The molecule has 4 nitrogen and oxygen atoms in total. The molecule has 2 rings (SSSR count). The van der Waals surface area contributed by atoms with Gasteiger partial charge in [0.25, 0.3) is 0 Å². The number of hydrogen-bond donors (Lipinski definition) is 1. The minimum atomic E-state index is -1.00. The molecule has 0 aliphatic heterocycles. The van der Waals surface area contributed by atoms with Gasteiger partial charge in [-0.2, -0.15) is 0 Å². The molecule has 5 heteroatoms. The maximum Gasteiger partial charge on any atom is 0.339 e. The van der Waals surface area contributed by atoms with Crippen molar-refractivity contribution in [3.05, 3.63) is 41.7 Å². The van der Waals surface area contributed by atoms with E-state index in [0.29, 0.717) is 11.5 Å². The smallest absolute Gasteiger partial charge is 0.339 e. The SMILES string of the molecule is CSc1ccc(-c2ncc(C(=O)O)c(C)n2)cc1. The van der Waals surface area contributed by atoms with Crippen molar-refractivity contribution in [3.8, 4) is 11.4 Å². The molecule has 0 aliphatic rings. The summed E-state index contributed by atoms with van der Waals surface area (Å²) in [7, 11) is 0.